The minimum absolute atomic E-state index is 0.0263. The van der Waals surface area contributed by atoms with E-state index in [-0.39, 0.29) is 11.9 Å². The van der Waals surface area contributed by atoms with Gasteiger partial charge >= 0.3 is 0 Å². The zero-order valence-electron chi connectivity index (χ0n) is 12.5. The molecule has 2 aliphatic heterocycles. The third kappa shape index (κ3) is 4.16. The van der Waals surface area contributed by atoms with Gasteiger partial charge in [0.05, 0.1) is 6.04 Å². The number of carbonyl (C=O) groups is 1. The monoisotopic (exact) mass is 268 g/mol. The van der Waals surface area contributed by atoms with Crippen molar-refractivity contribution in [3.05, 3.63) is 0 Å². The molecular weight excluding hydrogens is 240 g/mol. The molecular formula is C14H28N4O. The van der Waals surface area contributed by atoms with Crippen molar-refractivity contribution in [1.82, 2.24) is 20.4 Å². The van der Waals surface area contributed by atoms with E-state index in [9.17, 15) is 4.79 Å². The quantitative estimate of drug-likeness (QED) is 0.740. The maximum absolute atomic E-state index is 12.4. The van der Waals surface area contributed by atoms with Crippen LogP contribution in [0.1, 0.15) is 19.8 Å². The van der Waals surface area contributed by atoms with Crippen molar-refractivity contribution in [2.45, 2.75) is 31.8 Å². The molecule has 0 aromatic rings. The molecule has 0 aromatic carbocycles. The van der Waals surface area contributed by atoms with Crippen LogP contribution in [-0.4, -0.2) is 74.6 Å². The molecule has 2 N–H and O–H groups in total. The van der Waals surface area contributed by atoms with Gasteiger partial charge in [-0.1, -0.05) is 0 Å². The van der Waals surface area contributed by atoms with Gasteiger partial charge in [0.25, 0.3) is 0 Å². The largest absolute Gasteiger partial charge is 0.341 e. The molecule has 0 aliphatic carbocycles. The van der Waals surface area contributed by atoms with Crippen LogP contribution in [-0.2, 0) is 4.79 Å². The van der Waals surface area contributed by atoms with Gasteiger partial charge in [-0.15, -0.1) is 0 Å². The van der Waals surface area contributed by atoms with Gasteiger partial charge < -0.3 is 20.4 Å². The second kappa shape index (κ2) is 6.68. The lowest BCUT2D eigenvalue weighted by atomic mass is 9.96. The summed E-state index contributed by atoms with van der Waals surface area (Å²) in [4.78, 5) is 16.7. The number of hydrogen-bond donors (Lipinski definition) is 2. The van der Waals surface area contributed by atoms with E-state index in [4.69, 9.17) is 0 Å². The Kier molecular flexibility index (Phi) is 5.19. The van der Waals surface area contributed by atoms with Gasteiger partial charge in [0.1, 0.15) is 0 Å². The van der Waals surface area contributed by atoms with Crippen LogP contribution in [0.2, 0.25) is 0 Å². The number of rotatable bonds is 3. The van der Waals surface area contributed by atoms with Crippen LogP contribution in [0.25, 0.3) is 0 Å². The first-order valence-electron chi connectivity index (χ1n) is 7.46. The second-order valence-electron chi connectivity index (χ2n) is 6.30. The Bertz CT molecular complexity index is 292. The summed E-state index contributed by atoms with van der Waals surface area (Å²) in [5.74, 6) is 1.03. The summed E-state index contributed by atoms with van der Waals surface area (Å²) in [6.45, 7) is 6.77. The van der Waals surface area contributed by atoms with Crippen molar-refractivity contribution < 1.29 is 4.79 Å². The van der Waals surface area contributed by atoms with Gasteiger partial charge in [-0.3, -0.25) is 4.79 Å². The van der Waals surface area contributed by atoms with Crippen molar-refractivity contribution in [3.8, 4) is 0 Å². The zero-order chi connectivity index (χ0) is 13.8. The SMILES string of the molecule is CC1CNC(C(=O)N2CCC(CN(C)C)CC2)CN1. The maximum atomic E-state index is 12.4. The van der Waals surface area contributed by atoms with Crippen molar-refractivity contribution in [2.75, 3.05) is 46.8 Å². The fourth-order valence-electron chi connectivity index (χ4n) is 3.03. The highest BCUT2D eigenvalue weighted by atomic mass is 16.2. The Morgan fingerprint density at radius 2 is 1.89 bits per heavy atom. The molecule has 0 spiro atoms. The van der Waals surface area contributed by atoms with E-state index in [1.165, 1.54) is 0 Å². The first-order chi connectivity index (χ1) is 9.06. The van der Waals surface area contributed by atoms with E-state index < -0.39 is 0 Å². The number of carbonyl (C=O) groups excluding carboxylic acids is 1. The molecule has 1 amide bonds. The molecule has 2 atom stereocenters. The molecule has 2 heterocycles. The number of piperazine rings is 1. The molecule has 0 saturated carbocycles. The Balaban J connectivity index is 1.76. The van der Waals surface area contributed by atoms with Crippen LogP contribution in [0.3, 0.4) is 0 Å². The van der Waals surface area contributed by atoms with Crippen LogP contribution in [0.15, 0.2) is 0 Å². The molecule has 5 nitrogen and oxygen atoms in total. The summed E-state index contributed by atoms with van der Waals surface area (Å²) < 4.78 is 0. The summed E-state index contributed by atoms with van der Waals surface area (Å²) in [6.07, 6.45) is 2.28. The highest BCUT2D eigenvalue weighted by Crippen LogP contribution is 2.18. The highest BCUT2D eigenvalue weighted by molar-refractivity contribution is 5.82. The molecule has 0 radical (unpaired) electrons. The Morgan fingerprint density at radius 3 is 2.42 bits per heavy atom. The highest BCUT2D eigenvalue weighted by Gasteiger charge is 2.30. The predicted octanol–water partition coefficient (Wildman–Crippen LogP) is -0.263. The number of nitrogens with one attached hydrogen (secondary N) is 2. The van der Waals surface area contributed by atoms with E-state index >= 15 is 0 Å². The average molecular weight is 268 g/mol. The number of amides is 1. The Hall–Kier alpha value is -0.650. The topological polar surface area (TPSA) is 47.6 Å². The van der Waals surface area contributed by atoms with Gasteiger partial charge in [0.2, 0.25) is 5.91 Å². The lowest BCUT2D eigenvalue weighted by Gasteiger charge is -2.37. The summed E-state index contributed by atoms with van der Waals surface area (Å²) in [6, 6.07) is 0.441. The first-order valence-corrected chi connectivity index (χ1v) is 7.46. The molecule has 0 aromatic heterocycles. The van der Waals surface area contributed by atoms with Crippen molar-refractivity contribution in [2.24, 2.45) is 5.92 Å². The number of nitrogens with zero attached hydrogens (tertiary/aromatic N) is 2. The standard InChI is InChI=1S/C14H28N4O/c1-11-8-16-13(9-15-11)14(19)18-6-4-12(5-7-18)10-17(2)3/h11-13,15-16H,4-10H2,1-3H3. The van der Waals surface area contributed by atoms with E-state index in [0.29, 0.717) is 6.04 Å². The Morgan fingerprint density at radius 1 is 1.21 bits per heavy atom. The molecule has 2 unspecified atom stereocenters. The summed E-state index contributed by atoms with van der Waals surface area (Å²) >= 11 is 0. The van der Waals surface area contributed by atoms with E-state index in [1.807, 2.05) is 4.90 Å². The van der Waals surface area contributed by atoms with Crippen molar-refractivity contribution in [1.29, 1.82) is 0 Å². The van der Waals surface area contributed by atoms with E-state index in [2.05, 4.69) is 36.6 Å². The molecule has 2 fully saturated rings. The molecule has 5 heteroatoms. The smallest absolute Gasteiger partial charge is 0.241 e. The normalized spacial score (nSPS) is 29.8. The molecule has 19 heavy (non-hydrogen) atoms. The van der Waals surface area contributed by atoms with Gasteiger partial charge in [0, 0.05) is 38.8 Å². The first kappa shape index (κ1) is 14.8. The van der Waals surface area contributed by atoms with E-state index in [0.717, 1.165) is 51.5 Å². The summed E-state index contributed by atoms with van der Waals surface area (Å²) in [5.41, 5.74) is 0. The fraction of sp³-hybridized carbons (Fsp3) is 0.929. The van der Waals surface area contributed by atoms with Gasteiger partial charge in [0.15, 0.2) is 0 Å². The van der Waals surface area contributed by atoms with Gasteiger partial charge in [-0.25, -0.2) is 0 Å². The van der Waals surface area contributed by atoms with Crippen LogP contribution < -0.4 is 10.6 Å². The summed E-state index contributed by atoms with van der Waals surface area (Å²) in [7, 11) is 4.24. The summed E-state index contributed by atoms with van der Waals surface area (Å²) in [5, 5.41) is 6.72. The van der Waals surface area contributed by atoms with Crippen LogP contribution >= 0.6 is 0 Å². The predicted molar refractivity (Wildman–Crippen MR) is 77.1 cm³/mol. The minimum atomic E-state index is -0.0263. The van der Waals surface area contributed by atoms with Gasteiger partial charge in [-0.2, -0.15) is 0 Å². The minimum Gasteiger partial charge on any atom is -0.341 e. The molecule has 2 saturated heterocycles. The van der Waals surface area contributed by atoms with Gasteiger partial charge in [-0.05, 0) is 39.8 Å². The maximum Gasteiger partial charge on any atom is 0.241 e. The van der Waals surface area contributed by atoms with Crippen LogP contribution in [0.5, 0.6) is 0 Å². The van der Waals surface area contributed by atoms with Crippen LogP contribution in [0.4, 0.5) is 0 Å². The third-order valence-corrected chi connectivity index (χ3v) is 4.19. The molecule has 110 valence electrons. The fourth-order valence-corrected chi connectivity index (χ4v) is 3.03. The second-order valence-corrected chi connectivity index (χ2v) is 6.30. The van der Waals surface area contributed by atoms with E-state index in [1.54, 1.807) is 0 Å². The molecule has 2 aliphatic rings. The molecule has 2 rings (SSSR count). The third-order valence-electron chi connectivity index (χ3n) is 4.19. The lowest BCUT2D eigenvalue weighted by molar-refractivity contribution is -0.135. The number of hydrogen-bond acceptors (Lipinski definition) is 4. The lowest BCUT2D eigenvalue weighted by Crippen LogP contribution is -2.60. The van der Waals surface area contributed by atoms with Crippen LogP contribution in [0, 0.1) is 5.92 Å². The number of piperidine rings is 1. The van der Waals surface area contributed by atoms with Crippen molar-refractivity contribution in [3.63, 3.8) is 0 Å². The zero-order valence-corrected chi connectivity index (χ0v) is 12.5. The average Bonchev–Trinajstić information content (AvgIpc) is 2.39. The van der Waals surface area contributed by atoms with Crippen molar-refractivity contribution >= 4 is 5.91 Å². The Labute approximate surface area is 116 Å². The molecule has 0 bridgehead atoms. The number of likely N-dealkylation sites (tertiary alicyclic amines) is 1.